The molecule has 17 heavy (non-hydrogen) atoms. The van der Waals surface area contributed by atoms with Gasteiger partial charge >= 0.3 is 0 Å². The van der Waals surface area contributed by atoms with Crippen molar-refractivity contribution in [1.82, 2.24) is 10.3 Å². The molecule has 0 aliphatic rings. The summed E-state index contributed by atoms with van der Waals surface area (Å²) in [6, 6.07) is 7.51. The highest BCUT2D eigenvalue weighted by atomic mass is 16.2. The Morgan fingerprint density at radius 2 is 2.06 bits per heavy atom. The number of nitrogens with one attached hydrogen (secondary N) is 2. The Balaban J connectivity index is 2.37. The second kappa shape index (κ2) is 4.29. The van der Waals surface area contributed by atoms with Crippen LogP contribution in [0.25, 0.3) is 10.9 Å². The van der Waals surface area contributed by atoms with Crippen LogP contribution >= 0.6 is 0 Å². The summed E-state index contributed by atoms with van der Waals surface area (Å²) >= 11 is 0. The molecule has 0 saturated carbocycles. The standard InChI is InChI=1S/C12H13N3O2/c1-7-11(12(17)14-6-10(13)16)8-4-2-3-5-9(8)15-7/h2-5,15H,6H2,1H3,(H2,13,16)(H,14,17). The van der Waals surface area contributed by atoms with E-state index in [0.29, 0.717) is 5.56 Å². The average Bonchev–Trinajstić information content (AvgIpc) is 2.61. The largest absolute Gasteiger partial charge is 0.368 e. The van der Waals surface area contributed by atoms with E-state index in [2.05, 4.69) is 10.3 Å². The highest BCUT2D eigenvalue weighted by Gasteiger charge is 2.15. The van der Waals surface area contributed by atoms with Gasteiger partial charge in [-0.3, -0.25) is 9.59 Å². The van der Waals surface area contributed by atoms with Gasteiger partial charge in [-0.05, 0) is 13.0 Å². The number of benzene rings is 1. The lowest BCUT2D eigenvalue weighted by atomic mass is 10.1. The minimum absolute atomic E-state index is 0.155. The van der Waals surface area contributed by atoms with Crippen LogP contribution in [0, 0.1) is 6.92 Å². The van der Waals surface area contributed by atoms with Gasteiger partial charge in [0.2, 0.25) is 5.91 Å². The molecule has 5 heteroatoms. The molecule has 0 radical (unpaired) electrons. The first-order valence-electron chi connectivity index (χ1n) is 5.23. The number of aromatic nitrogens is 1. The van der Waals surface area contributed by atoms with Gasteiger partial charge in [0.15, 0.2) is 0 Å². The lowest BCUT2D eigenvalue weighted by molar-refractivity contribution is -0.117. The number of H-pyrrole nitrogens is 1. The quantitative estimate of drug-likeness (QED) is 0.725. The Kier molecular flexibility index (Phi) is 2.82. The summed E-state index contributed by atoms with van der Waals surface area (Å²) in [5.74, 6) is -0.852. The maximum atomic E-state index is 11.9. The Hall–Kier alpha value is -2.30. The first-order chi connectivity index (χ1) is 8.09. The number of carbonyl (C=O) groups is 2. The lowest BCUT2D eigenvalue weighted by Crippen LogP contribution is -2.33. The van der Waals surface area contributed by atoms with Crippen LogP contribution in [0.4, 0.5) is 0 Å². The third-order valence-electron chi connectivity index (χ3n) is 2.54. The SMILES string of the molecule is Cc1[nH]c2ccccc2c1C(=O)NCC(N)=O. The van der Waals surface area contributed by atoms with Gasteiger partial charge in [0.1, 0.15) is 0 Å². The topological polar surface area (TPSA) is 88.0 Å². The van der Waals surface area contributed by atoms with E-state index in [0.717, 1.165) is 16.6 Å². The summed E-state index contributed by atoms with van der Waals surface area (Å²) in [6.07, 6.45) is 0. The molecular formula is C12H13N3O2. The van der Waals surface area contributed by atoms with Gasteiger partial charge < -0.3 is 16.0 Å². The molecule has 4 N–H and O–H groups in total. The number of amides is 2. The zero-order chi connectivity index (χ0) is 12.4. The van der Waals surface area contributed by atoms with E-state index >= 15 is 0 Å². The molecule has 2 amide bonds. The molecule has 1 aromatic carbocycles. The smallest absolute Gasteiger partial charge is 0.254 e. The van der Waals surface area contributed by atoms with Crippen molar-refractivity contribution in [3.8, 4) is 0 Å². The number of hydrogen-bond donors (Lipinski definition) is 3. The van der Waals surface area contributed by atoms with Gasteiger partial charge in [-0.15, -0.1) is 0 Å². The van der Waals surface area contributed by atoms with Crippen molar-refractivity contribution >= 4 is 22.7 Å². The molecule has 2 rings (SSSR count). The van der Waals surface area contributed by atoms with Gasteiger partial charge in [-0.2, -0.15) is 0 Å². The molecule has 0 saturated heterocycles. The van der Waals surface area contributed by atoms with Crippen molar-refractivity contribution < 1.29 is 9.59 Å². The summed E-state index contributed by atoms with van der Waals surface area (Å²) in [4.78, 5) is 25.6. The zero-order valence-electron chi connectivity index (χ0n) is 9.41. The van der Waals surface area contributed by atoms with Crippen LogP contribution in [0.2, 0.25) is 0 Å². The van der Waals surface area contributed by atoms with Crippen LogP contribution in [0.15, 0.2) is 24.3 Å². The monoisotopic (exact) mass is 231 g/mol. The third-order valence-corrected chi connectivity index (χ3v) is 2.54. The van der Waals surface area contributed by atoms with Crippen LogP contribution in [-0.2, 0) is 4.79 Å². The van der Waals surface area contributed by atoms with Crippen molar-refractivity contribution in [3.05, 3.63) is 35.5 Å². The van der Waals surface area contributed by atoms with Gasteiger partial charge in [0.25, 0.3) is 5.91 Å². The van der Waals surface area contributed by atoms with E-state index < -0.39 is 5.91 Å². The third kappa shape index (κ3) is 2.13. The van der Waals surface area contributed by atoms with Crippen molar-refractivity contribution in [1.29, 1.82) is 0 Å². The molecular weight excluding hydrogens is 218 g/mol. The predicted molar refractivity (Wildman–Crippen MR) is 64.6 cm³/mol. The van der Waals surface area contributed by atoms with E-state index in [9.17, 15) is 9.59 Å². The number of primary amides is 1. The van der Waals surface area contributed by atoms with Crippen molar-refractivity contribution in [2.24, 2.45) is 5.73 Å². The van der Waals surface area contributed by atoms with Gasteiger partial charge in [-0.25, -0.2) is 0 Å². The first kappa shape index (κ1) is 11.2. The number of nitrogens with two attached hydrogens (primary N) is 1. The molecule has 0 aliphatic heterocycles. The summed E-state index contributed by atoms with van der Waals surface area (Å²) in [5.41, 5.74) is 7.21. The van der Waals surface area contributed by atoms with Crippen molar-refractivity contribution in [3.63, 3.8) is 0 Å². The maximum Gasteiger partial charge on any atom is 0.254 e. The molecule has 0 spiro atoms. The van der Waals surface area contributed by atoms with Crippen molar-refractivity contribution in [2.75, 3.05) is 6.54 Å². The second-order valence-corrected chi connectivity index (χ2v) is 3.82. The summed E-state index contributed by atoms with van der Waals surface area (Å²) in [7, 11) is 0. The van der Waals surface area contributed by atoms with E-state index in [-0.39, 0.29) is 12.5 Å². The number of rotatable bonds is 3. The number of hydrogen-bond acceptors (Lipinski definition) is 2. The molecule has 0 fully saturated rings. The fraction of sp³-hybridized carbons (Fsp3) is 0.167. The molecule has 0 aliphatic carbocycles. The van der Waals surface area contributed by atoms with Crippen LogP contribution in [0.5, 0.6) is 0 Å². The van der Waals surface area contributed by atoms with Crippen LogP contribution in [-0.4, -0.2) is 23.3 Å². The van der Waals surface area contributed by atoms with Gasteiger partial charge in [0, 0.05) is 16.6 Å². The molecule has 5 nitrogen and oxygen atoms in total. The van der Waals surface area contributed by atoms with Crippen LogP contribution < -0.4 is 11.1 Å². The Morgan fingerprint density at radius 3 is 2.76 bits per heavy atom. The van der Waals surface area contributed by atoms with E-state index in [1.54, 1.807) is 0 Å². The number of fused-ring (bicyclic) bond motifs is 1. The summed E-state index contributed by atoms with van der Waals surface area (Å²) in [6.45, 7) is 1.66. The number of aromatic amines is 1. The first-order valence-corrected chi connectivity index (χ1v) is 5.23. The molecule has 1 aromatic heterocycles. The fourth-order valence-electron chi connectivity index (χ4n) is 1.83. The number of carbonyl (C=O) groups excluding carboxylic acids is 2. The van der Waals surface area contributed by atoms with E-state index in [1.165, 1.54) is 0 Å². The average molecular weight is 231 g/mol. The van der Waals surface area contributed by atoms with Crippen molar-refractivity contribution in [2.45, 2.75) is 6.92 Å². The van der Waals surface area contributed by atoms with Crippen LogP contribution in [0.1, 0.15) is 16.1 Å². The van der Waals surface area contributed by atoms with E-state index in [4.69, 9.17) is 5.73 Å². The Morgan fingerprint density at radius 1 is 1.35 bits per heavy atom. The molecule has 88 valence electrons. The Labute approximate surface area is 98.0 Å². The molecule has 2 aromatic rings. The van der Waals surface area contributed by atoms with Gasteiger partial charge in [-0.1, -0.05) is 18.2 Å². The number of para-hydroxylation sites is 1. The zero-order valence-corrected chi connectivity index (χ0v) is 9.41. The lowest BCUT2D eigenvalue weighted by Gasteiger charge is -2.02. The van der Waals surface area contributed by atoms with Gasteiger partial charge in [0.05, 0.1) is 12.1 Å². The molecule has 0 unspecified atom stereocenters. The summed E-state index contributed by atoms with van der Waals surface area (Å²) < 4.78 is 0. The molecule has 1 heterocycles. The predicted octanol–water partition coefficient (Wildman–Crippen LogP) is 0.691. The fourth-order valence-corrected chi connectivity index (χ4v) is 1.83. The highest BCUT2D eigenvalue weighted by molar-refractivity contribution is 6.08. The minimum atomic E-state index is -0.559. The molecule has 0 bridgehead atoms. The second-order valence-electron chi connectivity index (χ2n) is 3.82. The van der Waals surface area contributed by atoms with Crippen LogP contribution in [0.3, 0.4) is 0 Å². The number of aryl methyl sites for hydroxylation is 1. The maximum absolute atomic E-state index is 11.9. The summed E-state index contributed by atoms with van der Waals surface area (Å²) in [5, 5.41) is 3.32. The minimum Gasteiger partial charge on any atom is -0.368 e. The Bertz CT molecular complexity index is 586. The normalized spacial score (nSPS) is 10.4. The molecule has 0 atom stereocenters. The van der Waals surface area contributed by atoms with E-state index in [1.807, 2.05) is 31.2 Å². The highest BCUT2D eigenvalue weighted by Crippen LogP contribution is 2.21.